The molecule has 0 spiro atoms. The zero-order chi connectivity index (χ0) is 14.7. The molecule has 0 radical (unpaired) electrons. The fourth-order valence-corrected chi connectivity index (χ4v) is 2.66. The van der Waals surface area contributed by atoms with Crippen molar-refractivity contribution in [2.45, 2.75) is 6.54 Å². The standard InChI is InChI=1S/C16H19FN4/c17-14-5-2-1-4-13(14)12-20-8-10-21(11-9-20)16-15(18)6-3-7-19-16/h1-7H,8-12,18H2. The first-order chi connectivity index (χ1) is 10.2. The lowest BCUT2D eigenvalue weighted by molar-refractivity contribution is 0.246. The zero-order valence-corrected chi connectivity index (χ0v) is 11.9. The number of hydrogen-bond donors (Lipinski definition) is 1. The first-order valence-electron chi connectivity index (χ1n) is 7.15. The van der Waals surface area contributed by atoms with E-state index in [0.29, 0.717) is 12.2 Å². The highest BCUT2D eigenvalue weighted by Gasteiger charge is 2.20. The van der Waals surface area contributed by atoms with Gasteiger partial charge in [0.15, 0.2) is 5.82 Å². The van der Waals surface area contributed by atoms with Crippen LogP contribution in [0.15, 0.2) is 42.6 Å². The lowest BCUT2D eigenvalue weighted by Gasteiger charge is -2.35. The number of nitrogens with two attached hydrogens (primary N) is 1. The van der Waals surface area contributed by atoms with E-state index in [2.05, 4.69) is 14.8 Å². The van der Waals surface area contributed by atoms with E-state index >= 15 is 0 Å². The topological polar surface area (TPSA) is 45.4 Å². The highest BCUT2D eigenvalue weighted by molar-refractivity contribution is 5.62. The second kappa shape index (κ2) is 6.10. The number of aromatic nitrogens is 1. The Morgan fingerprint density at radius 3 is 2.52 bits per heavy atom. The van der Waals surface area contributed by atoms with Crippen LogP contribution in [0, 0.1) is 5.82 Å². The molecule has 1 aliphatic rings. The molecule has 0 unspecified atom stereocenters. The van der Waals surface area contributed by atoms with Crippen LogP contribution in [0.5, 0.6) is 0 Å². The quantitative estimate of drug-likeness (QED) is 0.939. The van der Waals surface area contributed by atoms with Gasteiger partial charge in [0.1, 0.15) is 5.82 Å². The molecule has 1 aromatic carbocycles. The summed E-state index contributed by atoms with van der Waals surface area (Å²) in [6, 6.07) is 10.7. The van der Waals surface area contributed by atoms with Gasteiger partial charge < -0.3 is 10.6 Å². The van der Waals surface area contributed by atoms with Crippen molar-refractivity contribution in [2.75, 3.05) is 36.8 Å². The van der Waals surface area contributed by atoms with Crippen molar-refractivity contribution >= 4 is 11.5 Å². The van der Waals surface area contributed by atoms with Crippen LogP contribution in [-0.4, -0.2) is 36.1 Å². The smallest absolute Gasteiger partial charge is 0.151 e. The lowest BCUT2D eigenvalue weighted by atomic mass is 10.2. The van der Waals surface area contributed by atoms with Crippen molar-refractivity contribution in [1.82, 2.24) is 9.88 Å². The van der Waals surface area contributed by atoms with Crippen molar-refractivity contribution in [3.63, 3.8) is 0 Å². The van der Waals surface area contributed by atoms with Gasteiger partial charge in [-0.2, -0.15) is 0 Å². The van der Waals surface area contributed by atoms with E-state index < -0.39 is 0 Å². The summed E-state index contributed by atoms with van der Waals surface area (Å²) < 4.78 is 13.7. The number of hydrogen-bond acceptors (Lipinski definition) is 4. The predicted octanol–water partition coefficient (Wildman–Crippen LogP) is 2.13. The molecule has 1 saturated heterocycles. The molecule has 0 atom stereocenters. The maximum absolute atomic E-state index is 13.7. The molecule has 3 rings (SSSR count). The van der Waals surface area contributed by atoms with Crippen LogP contribution in [0.1, 0.15) is 5.56 Å². The van der Waals surface area contributed by atoms with Gasteiger partial charge in [-0.05, 0) is 18.2 Å². The Morgan fingerprint density at radius 1 is 1.05 bits per heavy atom. The minimum atomic E-state index is -0.131. The SMILES string of the molecule is Nc1cccnc1N1CCN(Cc2ccccc2F)CC1. The highest BCUT2D eigenvalue weighted by Crippen LogP contribution is 2.21. The average Bonchev–Trinajstić information content (AvgIpc) is 2.51. The maximum Gasteiger partial charge on any atom is 0.151 e. The van der Waals surface area contributed by atoms with E-state index in [1.807, 2.05) is 24.3 Å². The number of nitrogens with zero attached hydrogens (tertiary/aromatic N) is 3. The van der Waals surface area contributed by atoms with Gasteiger partial charge in [-0.25, -0.2) is 9.37 Å². The minimum absolute atomic E-state index is 0.131. The molecule has 0 aliphatic carbocycles. The molecule has 1 aromatic heterocycles. The molecule has 0 bridgehead atoms. The summed E-state index contributed by atoms with van der Waals surface area (Å²) in [6.07, 6.45) is 1.76. The summed E-state index contributed by atoms with van der Waals surface area (Å²) in [5.41, 5.74) is 7.42. The van der Waals surface area contributed by atoms with Crippen LogP contribution in [0.4, 0.5) is 15.9 Å². The normalized spacial score (nSPS) is 16.1. The van der Waals surface area contributed by atoms with Crippen molar-refractivity contribution in [1.29, 1.82) is 0 Å². The molecule has 5 heteroatoms. The summed E-state index contributed by atoms with van der Waals surface area (Å²) in [5, 5.41) is 0. The third-order valence-corrected chi connectivity index (χ3v) is 3.84. The molecule has 21 heavy (non-hydrogen) atoms. The van der Waals surface area contributed by atoms with Crippen molar-refractivity contribution in [2.24, 2.45) is 0 Å². The molecule has 4 nitrogen and oxygen atoms in total. The van der Waals surface area contributed by atoms with Gasteiger partial charge in [-0.15, -0.1) is 0 Å². The third-order valence-electron chi connectivity index (χ3n) is 3.84. The number of nitrogen functional groups attached to an aromatic ring is 1. The number of halogens is 1. The Morgan fingerprint density at radius 2 is 1.81 bits per heavy atom. The number of pyridine rings is 1. The first kappa shape index (κ1) is 13.8. The second-order valence-corrected chi connectivity index (χ2v) is 5.27. The Bertz CT molecular complexity index is 609. The Hall–Kier alpha value is -2.14. The fourth-order valence-electron chi connectivity index (χ4n) is 2.66. The van der Waals surface area contributed by atoms with Crippen LogP contribution in [0.25, 0.3) is 0 Å². The second-order valence-electron chi connectivity index (χ2n) is 5.27. The van der Waals surface area contributed by atoms with Crippen LogP contribution in [-0.2, 0) is 6.54 Å². The third kappa shape index (κ3) is 3.13. The Kier molecular flexibility index (Phi) is 4.01. The van der Waals surface area contributed by atoms with Crippen LogP contribution in [0.3, 0.4) is 0 Å². The van der Waals surface area contributed by atoms with E-state index in [4.69, 9.17) is 5.73 Å². The van der Waals surface area contributed by atoms with Gasteiger partial charge in [-0.1, -0.05) is 18.2 Å². The molecule has 0 amide bonds. The predicted molar refractivity (Wildman–Crippen MR) is 82.5 cm³/mol. The molecule has 110 valence electrons. The summed E-state index contributed by atoms with van der Waals surface area (Å²) in [6.45, 7) is 4.12. The van der Waals surface area contributed by atoms with E-state index in [-0.39, 0.29) is 5.82 Å². The summed E-state index contributed by atoms with van der Waals surface area (Å²) in [7, 11) is 0. The lowest BCUT2D eigenvalue weighted by Crippen LogP contribution is -2.46. The maximum atomic E-state index is 13.7. The molecule has 2 aromatic rings. The summed E-state index contributed by atoms with van der Waals surface area (Å²) in [5.74, 6) is 0.719. The van der Waals surface area contributed by atoms with Gasteiger partial charge in [0, 0.05) is 44.5 Å². The van der Waals surface area contributed by atoms with E-state index in [9.17, 15) is 4.39 Å². The molecular weight excluding hydrogens is 267 g/mol. The number of rotatable bonds is 3. The van der Waals surface area contributed by atoms with Gasteiger partial charge >= 0.3 is 0 Å². The summed E-state index contributed by atoms with van der Waals surface area (Å²) in [4.78, 5) is 8.79. The minimum Gasteiger partial charge on any atom is -0.396 e. The number of piperazine rings is 1. The van der Waals surface area contributed by atoms with Gasteiger partial charge in [0.05, 0.1) is 5.69 Å². The van der Waals surface area contributed by atoms with E-state index in [0.717, 1.165) is 37.6 Å². The highest BCUT2D eigenvalue weighted by atomic mass is 19.1. The molecule has 2 heterocycles. The van der Waals surface area contributed by atoms with Crippen LogP contribution < -0.4 is 10.6 Å². The molecule has 1 fully saturated rings. The van der Waals surface area contributed by atoms with Crippen molar-refractivity contribution < 1.29 is 4.39 Å². The zero-order valence-electron chi connectivity index (χ0n) is 11.9. The Balaban J connectivity index is 1.61. The number of benzene rings is 1. The average molecular weight is 286 g/mol. The molecular formula is C16H19FN4. The van der Waals surface area contributed by atoms with Crippen molar-refractivity contribution in [3.8, 4) is 0 Å². The van der Waals surface area contributed by atoms with E-state index in [1.54, 1.807) is 12.3 Å². The van der Waals surface area contributed by atoms with Crippen molar-refractivity contribution in [3.05, 3.63) is 54.0 Å². The largest absolute Gasteiger partial charge is 0.396 e. The fraction of sp³-hybridized carbons (Fsp3) is 0.312. The van der Waals surface area contributed by atoms with E-state index in [1.165, 1.54) is 6.07 Å². The van der Waals surface area contributed by atoms with Crippen LogP contribution >= 0.6 is 0 Å². The van der Waals surface area contributed by atoms with Gasteiger partial charge in [0.2, 0.25) is 0 Å². The molecule has 2 N–H and O–H groups in total. The first-order valence-corrected chi connectivity index (χ1v) is 7.15. The van der Waals surface area contributed by atoms with Gasteiger partial charge in [0.25, 0.3) is 0 Å². The molecule has 0 saturated carbocycles. The Labute approximate surface area is 124 Å². The summed E-state index contributed by atoms with van der Waals surface area (Å²) >= 11 is 0. The monoisotopic (exact) mass is 286 g/mol. The molecule has 1 aliphatic heterocycles. The van der Waals surface area contributed by atoms with Gasteiger partial charge in [-0.3, -0.25) is 4.90 Å². The van der Waals surface area contributed by atoms with Crippen LogP contribution in [0.2, 0.25) is 0 Å². The number of anilines is 2.